The van der Waals surface area contributed by atoms with Gasteiger partial charge in [-0.05, 0) is 116 Å². The molecule has 15 nitrogen and oxygen atoms in total. The Bertz CT molecular complexity index is 3820. The number of aromatic hydroxyl groups is 2. The molecular weight excluding hydrogens is 1010 g/mol. The highest BCUT2D eigenvalue weighted by atomic mass is 35.5. The minimum atomic E-state index is -0.572. The van der Waals surface area contributed by atoms with E-state index < -0.39 is 11.6 Å². The number of nitrogens with zero attached hydrogens (tertiary/aromatic N) is 10. The second kappa shape index (κ2) is 20.4. The standard InChI is InChI=1S/C57H54Cl2F2N10O5/c1-34(2)65-12-14-66(15-13-65)51-25-39(45-31-41(61)29-43(55(45)73)37-5-7-49(47(58)23-37)69-18-11-64(4)56(69)74)26-52-46(51)32-63-71(52)20-17-67-16-19-70(57(67)75)50-8-6-36(24-48(50)59)42-28-40(60)30-44(54(42)72)38-9-10-62-53(27-38)68-21-22-76-35(3)33-68/h5-11,16,18-19,23-32,34-35,72-73H,12-15,17,20-22,33H2,1-4H3/t35-/m1/s1. The first-order valence-corrected chi connectivity index (χ1v) is 25.8. The van der Waals surface area contributed by atoms with Gasteiger partial charge in [-0.15, -0.1) is 0 Å². The third kappa shape index (κ3) is 9.52. The molecule has 0 unspecified atom stereocenters. The lowest BCUT2D eigenvalue weighted by atomic mass is 9.95. The first-order chi connectivity index (χ1) is 36.6. The van der Waals surface area contributed by atoms with Crippen LogP contribution in [0, 0.1) is 11.6 Å². The number of fused-ring (bicyclic) bond motifs is 1. The molecule has 1 atom stereocenters. The zero-order chi connectivity index (χ0) is 53.1. The predicted octanol–water partition coefficient (Wildman–Crippen LogP) is 9.99. The highest BCUT2D eigenvalue weighted by Crippen LogP contribution is 2.44. The minimum Gasteiger partial charge on any atom is -0.507 e. The normalized spacial score (nSPS) is 15.4. The Morgan fingerprint density at radius 3 is 1.84 bits per heavy atom. The van der Waals surface area contributed by atoms with Gasteiger partial charge in [-0.25, -0.2) is 23.4 Å². The number of morpholine rings is 1. The molecule has 2 saturated heterocycles. The molecule has 2 aliphatic heterocycles. The van der Waals surface area contributed by atoms with Crippen molar-refractivity contribution in [1.82, 2.24) is 37.9 Å². The van der Waals surface area contributed by atoms with E-state index in [1.165, 1.54) is 38.0 Å². The number of aromatic nitrogens is 7. The molecule has 2 fully saturated rings. The van der Waals surface area contributed by atoms with Crippen LogP contribution < -0.4 is 21.2 Å². The molecule has 19 heteroatoms. The van der Waals surface area contributed by atoms with Gasteiger partial charge in [-0.2, -0.15) is 5.10 Å². The number of phenols is 2. The van der Waals surface area contributed by atoms with Crippen molar-refractivity contribution in [1.29, 1.82) is 0 Å². The third-order valence-electron chi connectivity index (χ3n) is 14.6. The molecule has 76 heavy (non-hydrogen) atoms. The Hall–Kier alpha value is -7.70. The fraction of sp³-hybridized carbons (Fsp3) is 0.263. The Labute approximate surface area is 446 Å². The third-order valence-corrected chi connectivity index (χ3v) is 15.2. The van der Waals surface area contributed by atoms with Crippen molar-refractivity contribution in [2.24, 2.45) is 7.05 Å². The van der Waals surface area contributed by atoms with Crippen molar-refractivity contribution in [2.75, 3.05) is 55.7 Å². The van der Waals surface area contributed by atoms with E-state index in [4.69, 9.17) is 33.0 Å². The first-order valence-electron chi connectivity index (χ1n) is 25.1. The molecule has 5 aromatic carbocycles. The Morgan fingerprint density at radius 1 is 0.671 bits per heavy atom. The SMILES string of the molecule is CC(C)N1CCN(c2cc(-c3cc(F)cc(-c4ccc(-n5ccn(C)c5=O)c(Cl)c4)c3O)cc3c2cnn3CCn2ccn(-c3ccc(-c4cc(F)cc(-c5ccnc(N6CCO[C@H](C)C6)c5)c4O)cc3Cl)c2=O)CC1. The summed E-state index contributed by atoms with van der Waals surface area (Å²) in [5, 5.41) is 29.8. The van der Waals surface area contributed by atoms with Crippen molar-refractivity contribution in [3.8, 4) is 67.4 Å². The summed E-state index contributed by atoms with van der Waals surface area (Å²) in [5.74, 6) is -0.710. The molecule has 9 aromatic rings. The van der Waals surface area contributed by atoms with Gasteiger partial charge < -0.3 is 29.3 Å². The molecule has 0 spiro atoms. The molecule has 390 valence electrons. The zero-order valence-corrected chi connectivity index (χ0v) is 43.7. The number of piperazine rings is 1. The highest BCUT2D eigenvalue weighted by Gasteiger charge is 2.26. The average Bonchev–Trinajstić information content (AvgIpc) is 4.12. The quantitative estimate of drug-likeness (QED) is 0.121. The second-order valence-corrected chi connectivity index (χ2v) is 20.5. The molecule has 2 aliphatic rings. The topological polar surface area (TPSA) is 144 Å². The van der Waals surface area contributed by atoms with Crippen molar-refractivity contribution in [3.63, 3.8) is 0 Å². The second-order valence-electron chi connectivity index (χ2n) is 19.7. The summed E-state index contributed by atoms with van der Waals surface area (Å²) in [4.78, 5) is 38.2. The van der Waals surface area contributed by atoms with Gasteiger partial charge >= 0.3 is 11.4 Å². The van der Waals surface area contributed by atoms with Gasteiger partial charge in [0.25, 0.3) is 0 Å². The summed E-state index contributed by atoms with van der Waals surface area (Å²) in [6, 6.07) is 22.8. The van der Waals surface area contributed by atoms with Crippen molar-refractivity contribution < 1.29 is 23.7 Å². The van der Waals surface area contributed by atoms with Gasteiger partial charge in [0.2, 0.25) is 0 Å². The maximum Gasteiger partial charge on any atom is 0.332 e. The number of ether oxygens (including phenoxy) is 1. The molecule has 0 radical (unpaired) electrons. The van der Waals surface area contributed by atoms with Crippen LogP contribution >= 0.6 is 23.2 Å². The molecule has 0 saturated carbocycles. The van der Waals surface area contributed by atoms with E-state index in [2.05, 4.69) is 33.5 Å². The lowest BCUT2D eigenvalue weighted by Crippen LogP contribution is -2.48. The van der Waals surface area contributed by atoms with Crippen LogP contribution in [0.25, 0.3) is 66.8 Å². The van der Waals surface area contributed by atoms with E-state index in [1.807, 2.05) is 25.1 Å². The Kier molecular flexibility index (Phi) is 13.6. The summed E-state index contributed by atoms with van der Waals surface area (Å²) >= 11 is 13.7. The number of benzene rings is 5. The minimum absolute atomic E-state index is 0.0306. The van der Waals surface area contributed by atoms with E-state index in [9.17, 15) is 19.8 Å². The van der Waals surface area contributed by atoms with Crippen LogP contribution in [-0.2, 0) is 24.9 Å². The van der Waals surface area contributed by atoms with Crippen molar-refractivity contribution in [2.45, 2.75) is 46.0 Å². The van der Waals surface area contributed by atoms with Crippen molar-refractivity contribution in [3.05, 3.63) is 165 Å². The summed E-state index contributed by atoms with van der Waals surface area (Å²) in [5.41, 5.74) is 4.85. The summed E-state index contributed by atoms with van der Waals surface area (Å²) in [6.45, 7) is 11.8. The van der Waals surface area contributed by atoms with Gasteiger partial charge in [0.1, 0.15) is 29.0 Å². The number of hydrogen-bond donors (Lipinski definition) is 2. The number of anilines is 2. The number of imidazole rings is 2. The number of pyridine rings is 1. The van der Waals surface area contributed by atoms with Crippen LogP contribution in [0.5, 0.6) is 11.5 Å². The molecule has 6 heterocycles. The van der Waals surface area contributed by atoms with Gasteiger partial charge in [0, 0.05) is 123 Å². The predicted molar refractivity (Wildman–Crippen MR) is 294 cm³/mol. The largest absolute Gasteiger partial charge is 0.507 e. The number of rotatable bonds is 12. The smallest absolute Gasteiger partial charge is 0.332 e. The maximum absolute atomic E-state index is 15.9. The van der Waals surface area contributed by atoms with Gasteiger partial charge in [0.15, 0.2) is 0 Å². The number of halogens is 4. The lowest BCUT2D eigenvalue weighted by molar-refractivity contribution is 0.0529. The van der Waals surface area contributed by atoms with Crippen LogP contribution in [0.1, 0.15) is 20.8 Å². The van der Waals surface area contributed by atoms with Crippen LogP contribution in [0.3, 0.4) is 0 Å². The fourth-order valence-corrected chi connectivity index (χ4v) is 11.0. The molecule has 2 N–H and O–H groups in total. The molecule has 0 amide bonds. The summed E-state index contributed by atoms with van der Waals surface area (Å²) < 4.78 is 44.5. The molecule has 11 rings (SSSR count). The van der Waals surface area contributed by atoms with Crippen molar-refractivity contribution >= 4 is 45.6 Å². The summed E-state index contributed by atoms with van der Waals surface area (Å²) in [6.07, 6.45) is 9.99. The van der Waals surface area contributed by atoms with Crippen LogP contribution in [0.4, 0.5) is 20.3 Å². The Morgan fingerprint density at radius 2 is 1.26 bits per heavy atom. The van der Waals surface area contributed by atoms with Gasteiger partial charge in [0.05, 0.1) is 52.4 Å². The monoisotopic (exact) mass is 1070 g/mol. The Balaban J connectivity index is 0.885. The summed E-state index contributed by atoms with van der Waals surface area (Å²) in [7, 11) is 1.64. The van der Waals surface area contributed by atoms with E-state index >= 15 is 8.78 Å². The van der Waals surface area contributed by atoms with Gasteiger partial charge in [-0.1, -0.05) is 35.3 Å². The zero-order valence-electron chi connectivity index (χ0n) is 42.2. The highest BCUT2D eigenvalue weighted by molar-refractivity contribution is 6.33. The number of hydrogen-bond acceptors (Lipinski definition) is 10. The molecule has 0 aliphatic carbocycles. The fourth-order valence-electron chi connectivity index (χ4n) is 10.5. The lowest BCUT2D eigenvalue weighted by Gasteiger charge is -2.38. The van der Waals surface area contributed by atoms with Gasteiger partial charge in [-0.3, -0.25) is 23.3 Å². The van der Waals surface area contributed by atoms with E-state index in [1.54, 1.807) is 95.9 Å². The number of aryl methyl sites for hydroxylation is 3. The van der Waals surface area contributed by atoms with Crippen LogP contribution in [0.15, 0.2) is 132 Å². The van der Waals surface area contributed by atoms with Crippen LogP contribution in [0.2, 0.25) is 10.0 Å². The van der Waals surface area contributed by atoms with E-state index in [-0.39, 0.29) is 68.8 Å². The van der Waals surface area contributed by atoms with E-state index in [0.717, 1.165) is 42.8 Å². The molecular formula is C57H54Cl2F2N10O5. The number of phenolic OH excluding ortho intramolecular Hbond substituents is 2. The van der Waals surface area contributed by atoms with E-state index in [0.29, 0.717) is 70.7 Å². The first kappa shape index (κ1) is 50.5. The average molecular weight is 1070 g/mol. The van der Waals surface area contributed by atoms with Crippen LogP contribution in [-0.4, -0.2) is 106 Å². The maximum atomic E-state index is 15.9. The molecule has 0 bridgehead atoms. The molecule has 4 aromatic heterocycles.